The third-order valence-corrected chi connectivity index (χ3v) is 6.32. The van der Waals surface area contributed by atoms with Crippen molar-refractivity contribution in [1.82, 2.24) is 20.1 Å². The second kappa shape index (κ2) is 11.1. The van der Waals surface area contributed by atoms with Gasteiger partial charge in [0.25, 0.3) is 5.91 Å². The van der Waals surface area contributed by atoms with Crippen molar-refractivity contribution in [3.63, 3.8) is 0 Å². The van der Waals surface area contributed by atoms with Crippen LogP contribution in [0.1, 0.15) is 58.9 Å². The summed E-state index contributed by atoms with van der Waals surface area (Å²) in [6.45, 7) is 8.69. The molecule has 33 heavy (non-hydrogen) atoms. The number of thioether (sulfide) groups is 1. The molecule has 0 aliphatic rings. The van der Waals surface area contributed by atoms with Crippen molar-refractivity contribution in [2.75, 3.05) is 12.9 Å². The molecular weight excluding hydrogens is 436 g/mol. The van der Waals surface area contributed by atoms with Crippen molar-refractivity contribution in [2.45, 2.75) is 45.4 Å². The lowest BCUT2D eigenvalue weighted by molar-refractivity contribution is 0.0921. The van der Waals surface area contributed by atoms with Crippen LogP contribution < -0.4 is 10.1 Å². The first-order valence-electron chi connectivity index (χ1n) is 10.9. The minimum atomic E-state index is -0.308. The average molecular weight is 467 g/mol. The molecule has 1 atom stereocenters. The smallest absolute Gasteiger partial charge is 0.251 e. The zero-order valence-electron chi connectivity index (χ0n) is 19.7. The van der Waals surface area contributed by atoms with Crippen LogP contribution in [-0.2, 0) is 6.54 Å². The number of ketones is 1. The van der Waals surface area contributed by atoms with Gasteiger partial charge in [0.05, 0.1) is 18.9 Å². The molecule has 3 rings (SSSR count). The Balaban J connectivity index is 1.74. The van der Waals surface area contributed by atoms with Gasteiger partial charge in [-0.25, -0.2) is 0 Å². The monoisotopic (exact) mass is 466 g/mol. The molecule has 0 spiro atoms. The molecular formula is C25H30N4O3S. The molecule has 0 bridgehead atoms. The molecule has 1 amide bonds. The second-order valence-corrected chi connectivity index (χ2v) is 9.03. The first-order valence-corrected chi connectivity index (χ1v) is 11.9. The zero-order valence-corrected chi connectivity index (χ0v) is 20.5. The number of aryl methyl sites for hydroxylation is 1. The number of nitrogens with one attached hydrogen (secondary N) is 1. The average Bonchev–Trinajstić information content (AvgIpc) is 3.23. The van der Waals surface area contributed by atoms with Gasteiger partial charge in [0, 0.05) is 17.7 Å². The van der Waals surface area contributed by atoms with Crippen LogP contribution in [0.3, 0.4) is 0 Å². The number of carbonyl (C=O) groups excluding carboxylic acids is 2. The van der Waals surface area contributed by atoms with Crippen molar-refractivity contribution in [3.8, 4) is 5.75 Å². The van der Waals surface area contributed by atoms with E-state index in [-0.39, 0.29) is 29.4 Å². The Morgan fingerprint density at radius 2 is 1.67 bits per heavy atom. The molecule has 0 fully saturated rings. The van der Waals surface area contributed by atoms with Gasteiger partial charge in [-0.2, -0.15) is 0 Å². The summed E-state index contributed by atoms with van der Waals surface area (Å²) in [4.78, 5) is 25.5. The van der Waals surface area contributed by atoms with E-state index in [1.807, 2.05) is 56.5 Å². The number of ether oxygens (including phenoxy) is 1. The van der Waals surface area contributed by atoms with Gasteiger partial charge < -0.3 is 14.6 Å². The first-order chi connectivity index (χ1) is 15.8. The van der Waals surface area contributed by atoms with Crippen molar-refractivity contribution >= 4 is 23.5 Å². The quantitative estimate of drug-likeness (QED) is 0.344. The van der Waals surface area contributed by atoms with Gasteiger partial charge >= 0.3 is 0 Å². The summed E-state index contributed by atoms with van der Waals surface area (Å²) < 4.78 is 7.11. The molecule has 3 aromatic rings. The SMILES string of the molecule is CCn1c(SCC(=O)c2ccc(OC)cc2)nnc1C(NC(=O)c1ccc(C)cc1)C(C)C. The summed E-state index contributed by atoms with van der Waals surface area (Å²) in [7, 11) is 1.59. The topological polar surface area (TPSA) is 86.1 Å². The predicted octanol–water partition coefficient (Wildman–Crippen LogP) is 4.72. The van der Waals surface area contributed by atoms with Crippen LogP contribution in [0, 0.1) is 12.8 Å². The highest BCUT2D eigenvalue weighted by Crippen LogP contribution is 2.26. The molecule has 0 aliphatic heterocycles. The Labute approximate surface area is 198 Å². The Hall–Kier alpha value is -3.13. The molecule has 2 aromatic carbocycles. The van der Waals surface area contributed by atoms with E-state index in [0.717, 1.165) is 5.56 Å². The molecule has 0 radical (unpaired) electrons. The van der Waals surface area contributed by atoms with Gasteiger partial charge in [-0.05, 0) is 56.2 Å². The fourth-order valence-electron chi connectivity index (χ4n) is 3.38. The van der Waals surface area contributed by atoms with Crippen molar-refractivity contribution < 1.29 is 14.3 Å². The van der Waals surface area contributed by atoms with Crippen LogP contribution in [0.15, 0.2) is 53.7 Å². The lowest BCUT2D eigenvalue weighted by atomic mass is 10.0. The lowest BCUT2D eigenvalue weighted by Gasteiger charge is -2.22. The Morgan fingerprint density at radius 1 is 1.03 bits per heavy atom. The highest BCUT2D eigenvalue weighted by atomic mass is 32.2. The summed E-state index contributed by atoms with van der Waals surface area (Å²) in [5.74, 6) is 1.60. The van der Waals surface area contributed by atoms with Gasteiger partial charge in [-0.15, -0.1) is 10.2 Å². The highest BCUT2D eigenvalue weighted by molar-refractivity contribution is 7.99. The molecule has 8 heteroatoms. The number of hydrogen-bond donors (Lipinski definition) is 1. The molecule has 0 saturated carbocycles. The Morgan fingerprint density at radius 3 is 2.24 bits per heavy atom. The maximum atomic E-state index is 12.8. The zero-order chi connectivity index (χ0) is 24.0. The number of rotatable bonds is 10. The third-order valence-electron chi connectivity index (χ3n) is 5.35. The molecule has 7 nitrogen and oxygen atoms in total. The van der Waals surface area contributed by atoms with Gasteiger partial charge in [0.15, 0.2) is 16.8 Å². The van der Waals surface area contributed by atoms with Crippen LogP contribution in [0.4, 0.5) is 0 Å². The molecule has 1 heterocycles. The van der Waals surface area contributed by atoms with E-state index in [4.69, 9.17) is 4.74 Å². The van der Waals surface area contributed by atoms with Gasteiger partial charge in [0.1, 0.15) is 5.75 Å². The van der Waals surface area contributed by atoms with Gasteiger partial charge in [-0.3, -0.25) is 9.59 Å². The number of aromatic nitrogens is 3. The van der Waals surface area contributed by atoms with E-state index in [1.54, 1.807) is 31.4 Å². The Kier molecular flexibility index (Phi) is 8.27. The number of nitrogens with zero attached hydrogens (tertiary/aromatic N) is 3. The number of amides is 1. The maximum Gasteiger partial charge on any atom is 0.251 e. The van der Waals surface area contributed by atoms with E-state index in [0.29, 0.717) is 34.4 Å². The van der Waals surface area contributed by atoms with Crippen LogP contribution in [0.5, 0.6) is 5.75 Å². The summed E-state index contributed by atoms with van der Waals surface area (Å²) in [6.07, 6.45) is 0. The number of hydrogen-bond acceptors (Lipinski definition) is 6. The molecule has 174 valence electrons. The van der Waals surface area contributed by atoms with Crippen LogP contribution in [0.25, 0.3) is 0 Å². The number of benzene rings is 2. The molecule has 0 saturated heterocycles. The number of methoxy groups -OCH3 is 1. The standard InChI is InChI=1S/C25H30N4O3S/c1-6-29-23(22(16(2)3)26-24(31)19-9-7-17(4)8-10-19)27-28-25(29)33-15-21(30)18-11-13-20(32-5)14-12-18/h7-14,16,22H,6,15H2,1-5H3,(H,26,31). The van der Waals surface area contributed by atoms with Gasteiger partial charge in [-0.1, -0.05) is 43.3 Å². The first kappa shape index (κ1) is 24.5. The fraction of sp³-hybridized carbons (Fsp3) is 0.360. The normalized spacial score (nSPS) is 11.9. The van der Waals surface area contributed by atoms with E-state index in [1.165, 1.54) is 11.8 Å². The van der Waals surface area contributed by atoms with Crippen LogP contribution in [0.2, 0.25) is 0 Å². The van der Waals surface area contributed by atoms with E-state index >= 15 is 0 Å². The lowest BCUT2D eigenvalue weighted by Crippen LogP contribution is -2.33. The highest BCUT2D eigenvalue weighted by Gasteiger charge is 2.26. The molecule has 0 aliphatic carbocycles. The van der Waals surface area contributed by atoms with E-state index in [9.17, 15) is 9.59 Å². The van der Waals surface area contributed by atoms with E-state index in [2.05, 4.69) is 15.5 Å². The minimum Gasteiger partial charge on any atom is -0.497 e. The van der Waals surface area contributed by atoms with Crippen molar-refractivity contribution in [2.24, 2.45) is 5.92 Å². The number of Topliss-reactive ketones (excluding diaryl/α,β-unsaturated/α-hetero) is 1. The van der Waals surface area contributed by atoms with E-state index < -0.39 is 0 Å². The predicted molar refractivity (Wildman–Crippen MR) is 130 cm³/mol. The van der Waals surface area contributed by atoms with Crippen molar-refractivity contribution in [1.29, 1.82) is 0 Å². The summed E-state index contributed by atoms with van der Waals surface area (Å²) in [5, 5.41) is 12.5. The Bertz CT molecular complexity index is 1090. The summed E-state index contributed by atoms with van der Waals surface area (Å²) >= 11 is 1.35. The minimum absolute atomic E-state index is 0.00272. The fourth-order valence-corrected chi connectivity index (χ4v) is 4.29. The van der Waals surface area contributed by atoms with Crippen molar-refractivity contribution in [3.05, 3.63) is 71.0 Å². The third kappa shape index (κ3) is 6.01. The summed E-state index contributed by atoms with van der Waals surface area (Å²) in [6, 6.07) is 14.2. The largest absolute Gasteiger partial charge is 0.497 e. The molecule has 1 unspecified atom stereocenters. The van der Waals surface area contributed by atoms with Crippen LogP contribution >= 0.6 is 11.8 Å². The maximum absolute atomic E-state index is 12.8. The summed E-state index contributed by atoms with van der Waals surface area (Å²) in [5.41, 5.74) is 2.33. The molecule has 1 aromatic heterocycles. The number of carbonyl (C=O) groups is 2. The second-order valence-electron chi connectivity index (χ2n) is 8.09. The molecule has 1 N–H and O–H groups in total. The van der Waals surface area contributed by atoms with Gasteiger partial charge in [0.2, 0.25) is 0 Å². The van der Waals surface area contributed by atoms with Crippen LogP contribution in [-0.4, -0.2) is 39.3 Å².